The Kier molecular flexibility index (Phi) is 1.77. The molecule has 0 aliphatic carbocycles. The Bertz CT molecular complexity index is 423. The van der Waals surface area contributed by atoms with Crippen molar-refractivity contribution >= 4 is 26.7 Å². The highest BCUT2D eigenvalue weighted by molar-refractivity contribution is 9.10. The van der Waals surface area contributed by atoms with Gasteiger partial charge in [-0.1, -0.05) is 28.1 Å². The molecule has 2 aromatic carbocycles. The van der Waals surface area contributed by atoms with E-state index in [0.717, 1.165) is 15.2 Å². The van der Waals surface area contributed by atoms with Gasteiger partial charge in [0.25, 0.3) is 0 Å². The third kappa shape index (κ3) is 1.18. The van der Waals surface area contributed by atoms with Gasteiger partial charge in [-0.2, -0.15) is 0 Å². The summed E-state index contributed by atoms with van der Waals surface area (Å²) >= 11 is 3.42. The summed E-state index contributed by atoms with van der Waals surface area (Å²) in [6.07, 6.45) is 0. The van der Waals surface area contributed by atoms with Crippen LogP contribution in [0.25, 0.3) is 10.8 Å². The molecule has 0 N–H and O–H groups in total. The minimum Gasteiger partial charge on any atom is -0.290 e. The molecule has 0 bridgehead atoms. The van der Waals surface area contributed by atoms with Gasteiger partial charge in [-0.25, -0.2) is 0 Å². The van der Waals surface area contributed by atoms with Gasteiger partial charge in [-0.3, -0.25) is 5.11 Å². The molecule has 2 rings (SSSR count). The van der Waals surface area contributed by atoms with Crippen LogP contribution in [-0.2, 0) is 5.11 Å². The minimum absolute atomic E-state index is 0.0561. The van der Waals surface area contributed by atoms with E-state index in [0.29, 0.717) is 0 Å². The van der Waals surface area contributed by atoms with Crippen LogP contribution in [-0.4, -0.2) is 0 Å². The molecule has 0 aromatic heterocycles. The van der Waals surface area contributed by atoms with E-state index < -0.39 is 0 Å². The monoisotopic (exact) mass is 221 g/mol. The molecule has 0 saturated carbocycles. The number of hydrogen-bond acceptors (Lipinski definition) is 0. The van der Waals surface area contributed by atoms with E-state index in [1.807, 2.05) is 24.3 Å². The lowest BCUT2D eigenvalue weighted by atomic mass is 10.1. The van der Waals surface area contributed by atoms with Crippen molar-refractivity contribution in [3.63, 3.8) is 0 Å². The third-order valence-electron chi connectivity index (χ3n) is 1.80. The topological polar surface area (TPSA) is 19.9 Å². The van der Waals surface area contributed by atoms with Crippen LogP contribution in [0, 0.1) is 0 Å². The molecule has 1 nitrogen and oxygen atoms in total. The maximum absolute atomic E-state index is 11.0. The fourth-order valence-corrected chi connectivity index (χ4v) is 1.74. The quantitative estimate of drug-likeness (QED) is 0.646. The molecular formula is C10H6BrO. The van der Waals surface area contributed by atoms with Crippen LogP contribution < -0.4 is 0 Å². The van der Waals surface area contributed by atoms with E-state index in [4.69, 9.17) is 0 Å². The summed E-state index contributed by atoms with van der Waals surface area (Å²) in [6.45, 7) is 0. The summed E-state index contributed by atoms with van der Waals surface area (Å²) in [5.74, 6) is 0.0561. The first-order valence-corrected chi connectivity index (χ1v) is 4.42. The van der Waals surface area contributed by atoms with Crippen molar-refractivity contribution in [2.45, 2.75) is 0 Å². The van der Waals surface area contributed by atoms with Crippen LogP contribution in [0.2, 0.25) is 0 Å². The summed E-state index contributed by atoms with van der Waals surface area (Å²) < 4.78 is 1.03. The Balaban J connectivity index is 2.86. The van der Waals surface area contributed by atoms with Crippen molar-refractivity contribution in [2.24, 2.45) is 0 Å². The zero-order valence-electron chi connectivity index (χ0n) is 6.25. The Morgan fingerprint density at radius 2 is 1.92 bits per heavy atom. The van der Waals surface area contributed by atoms with Crippen molar-refractivity contribution < 1.29 is 5.11 Å². The van der Waals surface area contributed by atoms with Crippen LogP contribution in [0.4, 0.5) is 0 Å². The molecule has 0 heterocycles. The van der Waals surface area contributed by atoms with E-state index in [9.17, 15) is 5.11 Å². The number of rotatable bonds is 0. The maximum atomic E-state index is 11.0. The Labute approximate surface area is 78.8 Å². The van der Waals surface area contributed by atoms with Gasteiger partial charge in [0.15, 0.2) is 5.75 Å². The van der Waals surface area contributed by atoms with Crippen LogP contribution in [0.5, 0.6) is 5.75 Å². The second-order valence-corrected chi connectivity index (χ2v) is 3.48. The first kappa shape index (κ1) is 7.62. The predicted octanol–water partition coefficient (Wildman–Crippen LogP) is 3.75. The van der Waals surface area contributed by atoms with E-state index in [2.05, 4.69) is 15.9 Å². The molecule has 0 unspecified atom stereocenters. The smallest absolute Gasteiger partial charge is 0.179 e. The lowest BCUT2D eigenvalue weighted by molar-refractivity contribution is 0.355. The highest BCUT2D eigenvalue weighted by Crippen LogP contribution is 2.26. The minimum atomic E-state index is 0.0561. The molecule has 0 atom stereocenters. The van der Waals surface area contributed by atoms with Crippen molar-refractivity contribution in [1.29, 1.82) is 0 Å². The van der Waals surface area contributed by atoms with Crippen molar-refractivity contribution in [1.82, 2.24) is 0 Å². The molecule has 2 aromatic rings. The first-order valence-electron chi connectivity index (χ1n) is 3.63. The van der Waals surface area contributed by atoms with Gasteiger partial charge in [0, 0.05) is 4.47 Å². The lowest BCUT2D eigenvalue weighted by Crippen LogP contribution is -1.72. The molecule has 59 valence electrons. The SMILES string of the molecule is [O]c1ccc2c(Br)cccc2c1. The zero-order valence-corrected chi connectivity index (χ0v) is 7.84. The molecule has 12 heavy (non-hydrogen) atoms. The molecule has 1 radical (unpaired) electrons. The normalized spacial score (nSPS) is 10.4. The number of fused-ring (bicyclic) bond motifs is 1. The van der Waals surface area contributed by atoms with Crippen LogP contribution in [0.15, 0.2) is 40.9 Å². The fourth-order valence-electron chi connectivity index (χ4n) is 1.22. The van der Waals surface area contributed by atoms with Gasteiger partial charge < -0.3 is 0 Å². The first-order chi connectivity index (χ1) is 5.77. The number of benzene rings is 2. The molecule has 2 heteroatoms. The summed E-state index contributed by atoms with van der Waals surface area (Å²) in [6, 6.07) is 10.9. The molecular weight excluding hydrogens is 216 g/mol. The molecule has 0 saturated heterocycles. The molecule has 0 aliphatic heterocycles. The maximum Gasteiger partial charge on any atom is 0.179 e. The van der Waals surface area contributed by atoms with Gasteiger partial charge >= 0.3 is 0 Å². The fraction of sp³-hybridized carbons (Fsp3) is 0. The van der Waals surface area contributed by atoms with E-state index in [-0.39, 0.29) is 5.75 Å². The average Bonchev–Trinajstić information content (AvgIpc) is 2.04. The summed E-state index contributed by atoms with van der Waals surface area (Å²) in [5, 5.41) is 13.0. The van der Waals surface area contributed by atoms with Crippen molar-refractivity contribution in [2.75, 3.05) is 0 Å². The van der Waals surface area contributed by atoms with Gasteiger partial charge in [0.05, 0.1) is 0 Å². The van der Waals surface area contributed by atoms with Crippen LogP contribution in [0.1, 0.15) is 0 Å². The summed E-state index contributed by atoms with van der Waals surface area (Å²) in [5.41, 5.74) is 0. The second-order valence-electron chi connectivity index (χ2n) is 2.62. The lowest BCUT2D eigenvalue weighted by Gasteiger charge is -1.98. The van der Waals surface area contributed by atoms with Crippen LogP contribution in [0.3, 0.4) is 0 Å². The van der Waals surface area contributed by atoms with E-state index >= 15 is 0 Å². The van der Waals surface area contributed by atoms with E-state index in [1.165, 1.54) is 0 Å². The highest BCUT2D eigenvalue weighted by Gasteiger charge is 1.98. The summed E-state index contributed by atoms with van der Waals surface area (Å²) in [4.78, 5) is 0. The van der Waals surface area contributed by atoms with Crippen molar-refractivity contribution in [3.05, 3.63) is 40.9 Å². The Hall–Kier alpha value is -1.02. The third-order valence-corrected chi connectivity index (χ3v) is 2.49. The highest BCUT2D eigenvalue weighted by atomic mass is 79.9. The standard InChI is InChI=1S/C10H6BrO/c11-10-3-1-2-7-6-8(12)4-5-9(7)10/h1-6H. The Morgan fingerprint density at radius 1 is 1.08 bits per heavy atom. The van der Waals surface area contributed by atoms with Gasteiger partial charge in [-0.15, -0.1) is 0 Å². The van der Waals surface area contributed by atoms with Gasteiger partial charge in [0.2, 0.25) is 0 Å². The average molecular weight is 222 g/mol. The summed E-state index contributed by atoms with van der Waals surface area (Å²) in [7, 11) is 0. The number of hydrogen-bond donors (Lipinski definition) is 0. The van der Waals surface area contributed by atoms with Crippen LogP contribution >= 0.6 is 15.9 Å². The van der Waals surface area contributed by atoms with Gasteiger partial charge in [-0.05, 0) is 35.0 Å². The molecule has 0 spiro atoms. The van der Waals surface area contributed by atoms with Crippen molar-refractivity contribution in [3.8, 4) is 5.75 Å². The largest absolute Gasteiger partial charge is 0.290 e. The number of halogens is 1. The molecule has 0 fully saturated rings. The molecule has 0 amide bonds. The van der Waals surface area contributed by atoms with E-state index in [1.54, 1.807) is 12.1 Å². The zero-order chi connectivity index (χ0) is 8.55. The second kappa shape index (κ2) is 2.79. The predicted molar refractivity (Wildman–Crippen MR) is 51.8 cm³/mol. The molecule has 0 aliphatic rings. The Morgan fingerprint density at radius 3 is 2.75 bits per heavy atom. The van der Waals surface area contributed by atoms with Gasteiger partial charge in [0.1, 0.15) is 0 Å².